The maximum atomic E-state index is 10.7. The summed E-state index contributed by atoms with van der Waals surface area (Å²) in [5, 5.41) is 29.4. The Morgan fingerprint density at radius 3 is 2.40 bits per heavy atom. The molecule has 9 heteroatoms. The molecular formula is C11H16N2O7. The molecule has 0 saturated heterocycles. The number of nitrogens with zero attached hydrogens (tertiary/aromatic N) is 1. The zero-order valence-corrected chi connectivity index (χ0v) is 10.6. The van der Waals surface area contributed by atoms with Crippen LogP contribution in [0.4, 0.5) is 0 Å². The Labute approximate surface area is 114 Å². The number of carbonyl (C=O) groups is 2. The number of aliphatic hydroxyl groups is 1. The number of nitrogens with two attached hydrogens (primary N) is 1. The van der Waals surface area contributed by atoms with Crippen molar-refractivity contribution in [3.05, 3.63) is 11.8 Å². The van der Waals surface area contributed by atoms with Gasteiger partial charge in [0.25, 0.3) is 0 Å². The lowest BCUT2D eigenvalue weighted by atomic mass is 9.79. The largest absolute Gasteiger partial charge is 0.478 e. The van der Waals surface area contributed by atoms with E-state index < -0.39 is 23.3 Å². The van der Waals surface area contributed by atoms with E-state index in [1.54, 1.807) is 0 Å². The smallest absolute Gasteiger partial charge is 0.374 e. The van der Waals surface area contributed by atoms with Gasteiger partial charge < -0.3 is 30.6 Å². The van der Waals surface area contributed by atoms with E-state index in [4.69, 9.17) is 25.8 Å². The number of oxime groups is 1. The molecule has 0 aromatic carbocycles. The van der Waals surface area contributed by atoms with Gasteiger partial charge in [0.2, 0.25) is 5.76 Å². The Bertz CT molecular complexity index is 440. The maximum Gasteiger partial charge on any atom is 0.374 e. The van der Waals surface area contributed by atoms with Gasteiger partial charge in [-0.15, -0.1) is 0 Å². The molecular weight excluding hydrogens is 272 g/mol. The summed E-state index contributed by atoms with van der Waals surface area (Å²) in [5.41, 5.74) is 4.81. The van der Waals surface area contributed by atoms with Crippen LogP contribution in [0.15, 0.2) is 17.0 Å². The van der Waals surface area contributed by atoms with Crippen LogP contribution >= 0.6 is 0 Å². The van der Waals surface area contributed by atoms with Crippen LogP contribution in [-0.2, 0) is 19.2 Å². The summed E-state index contributed by atoms with van der Waals surface area (Å²) in [6, 6.07) is 0. The molecule has 0 aromatic heterocycles. The van der Waals surface area contributed by atoms with E-state index in [1.807, 2.05) is 0 Å². The molecule has 0 spiro atoms. The molecule has 0 radical (unpaired) electrons. The van der Waals surface area contributed by atoms with Crippen LogP contribution in [0.2, 0.25) is 0 Å². The Morgan fingerprint density at radius 2 is 2.00 bits per heavy atom. The molecule has 9 nitrogen and oxygen atoms in total. The fourth-order valence-corrected chi connectivity index (χ4v) is 1.63. The Morgan fingerprint density at radius 1 is 1.35 bits per heavy atom. The number of hydrogen-bond acceptors (Lipinski definition) is 6. The van der Waals surface area contributed by atoms with E-state index in [9.17, 15) is 9.59 Å². The van der Waals surface area contributed by atoms with Crippen LogP contribution in [0.1, 0.15) is 19.3 Å². The summed E-state index contributed by atoms with van der Waals surface area (Å²) in [6.07, 6.45) is 2.34. The van der Waals surface area contributed by atoms with E-state index in [1.165, 1.54) is 0 Å². The number of aliphatic hydroxyl groups excluding tert-OH is 1. The summed E-state index contributed by atoms with van der Waals surface area (Å²) >= 11 is 0. The van der Waals surface area contributed by atoms with Crippen molar-refractivity contribution in [1.29, 1.82) is 0 Å². The molecule has 0 bridgehead atoms. The third-order valence-corrected chi connectivity index (χ3v) is 2.81. The van der Waals surface area contributed by atoms with Crippen molar-refractivity contribution < 1.29 is 34.5 Å². The number of aliphatic carboxylic acids is 2. The minimum Gasteiger partial charge on any atom is -0.478 e. The first-order valence-electron chi connectivity index (χ1n) is 5.85. The molecule has 0 aromatic rings. The van der Waals surface area contributed by atoms with E-state index in [-0.39, 0.29) is 19.0 Å². The monoisotopic (exact) mass is 288 g/mol. The van der Waals surface area contributed by atoms with E-state index in [0.29, 0.717) is 18.9 Å². The molecule has 0 unspecified atom stereocenters. The molecule has 0 heterocycles. The molecule has 0 atom stereocenters. The van der Waals surface area contributed by atoms with Crippen molar-refractivity contribution in [2.75, 3.05) is 13.2 Å². The average molecular weight is 288 g/mol. The van der Waals surface area contributed by atoms with Gasteiger partial charge in [-0.05, 0) is 19.3 Å². The fraction of sp³-hybridized carbons (Fsp3) is 0.545. The molecule has 1 fully saturated rings. The zero-order chi connectivity index (χ0) is 15.2. The van der Waals surface area contributed by atoms with Crippen LogP contribution in [0, 0.1) is 0 Å². The lowest BCUT2D eigenvalue weighted by Crippen LogP contribution is -2.52. The van der Waals surface area contributed by atoms with Crippen molar-refractivity contribution in [3.8, 4) is 0 Å². The molecule has 20 heavy (non-hydrogen) atoms. The first-order valence-corrected chi connectivity index (χ1v) is 5.85. The van der Waals surface area contributed by atoms with Crippen LogP contribution in [-0.4, -0.2) is 51.9 Å². The first kappa shape index (κ1) is 15.9. The van der Waals surface area contributed by atoms with Gasteiger partial charge in [-0.1, -0.05) is 5.16 Å². The molecule has 1 aliphatic carbocycles. The van der Waals surface area contributed by atoms with Crippen molar-refractivity contribution in [2.45, 2.75) is 24.9 Å². The predicted molar refractivity (Wildman–Crippen MR) is 65.7 cm³/mol. The summed E-state index contributed by atoms with van der Waals surface area (Å²) in [5.74, 6) is -4.01. The number of amidine groups is 1. The number of rotatable bonds is 8. The summed E-state index contributed by atoms with van der Waals surface area (Å²) in [7, 11) is 0. The SMILES string of the molecule is NC(=NO/C(=C\C(=O)O)C(=O)O)C1(OCCO)CCC1. The summed E-state index contributed by atoms with van der Waals surface area (Å²) < 4.78 is 5.38. The standard InChI is InChI=1S/C11H16N2O7/c12-10(11(2-1-3-11)19-5-4-14)13-20-7(9(17)18)6-8(15)16/h6,14H,1-5H2,(H2,12,13)(H,15,16)(H,17,18)/b7-6-. The number of ether oxygens (including phenoxy) is 1. The lowest BCUT2D eigenvalue weighted by molar-refractivity contribution is -0.138. The van der Waals surface area contributed by atoms with Crippen LogP contribution in [0.5, 0.6) is 0 Å². The lowest BCUT2D eigenvalue weighted by Gasteiger charge is -2.40. The highest BCUT2D eigenvalue weighted by Crippen LogP contribution is 2.35. The molecule has 0 aliphatic heterocycles. The van der Waals surface area contributed by atoms with Crippen LogP contribution in [0.3, 0.4) is 0 Å². The van der Waals surface area contributed by atoms with Crippen molar-refractivity contribution in [1.82, 2.24) is 0 Å². The molecule has 1 rings (SSSR count). The number of carboxylic acids is 2. The normalized spacial score (nSPS) is 18.2. The highest BCUT2D eigenvalue weighted by molar-refractivity contribution is 5.93. The van der Waals surface area contributed by atoms with E-state index in [2.05, 4.69) is 9.99 Å². The molecule has 0 amide bonds. The van der Waals surface area contributed by atoms with Crippen LogP contribution < -0.4 is 5.73 Å². The van der Waals surface area contributed by atoms with Crippen molar-refractivity contribution in [2.24, 2.45) is 10.9 Å². The maximum absolute atomic E-state index is 10.7. The topological polar surface area (TPSA) is 152 Å². The van der Waals surface area contributed by atoms with Gasteiger partial charge in [0, 0.05) is 0 Å². The number of hydrogen-bond donors (Lipinski definition) is 4. The van der Waals surface area contributed by atoms with Gasteiger partial charge in [0.15, 0.2) is 5.84 Å². The van der Waals surface area contributed by atoms with Crippen LogP contribution in [0.25, 0.3) is 0 Å². The second-order valence-electron chi connectivity index (χ2n) is 4.14. The van der Waals surface area contributed by atoms with Gasteiger partial charge in [0.05, 0.1) is 19.3 Å². The second kappa shape index (κ2) is 6.87. The second-order valence-corrected chi connectivity index (χ2v) is 4.14. The van der Waals surface area contributed by atoms with Gasteiger partial charge in [-0.25, -0.2) is 9.59 Å². The van der Waals surface area contributed by atoms with Crippen molar-refractivity contribution >= 4 is 17.8 Å². The first-order chi connectivity index (χ1) is 9.41. The minimum absolute atomic E-state index is 0.0625. The number of carboxylic acid groups (broad SMARTS) is 2. The predicted octanol–water partition coefficient (Wildman–Crippen LogP) is -0.740. The Balaban J connectivity index is 2.76. The van der Waals surface area contributed by atoms with E-state index in [0.717, 1.165) is 6.42 Å². The van der Waals surface area contributed by atoms with Crippen molar-refractivity contribution in [3.63, 3.8) is 0 Å². The third-order valence-electron chi connectivity index (χ3n) is 2.81. The third kappa shape index (κ3) is 3.93. The molecule has 5 N–H and O–H groups in total. The Hall–Kier alpha value is -2.13. The Kier molecular flexibility index (Phi) is 5.47. The molecule has 1 saturated carbocycles. The highest BCUT2D eigenvalue weighted by atomic mass is 16.6. The molecule has 1 aliphatic rings. The van der Waals surface area contributed by atoms with Gasteiger partial charge in [-0.2, -0.15) is 0 Å². The fourth-order valence-electron chi connectivity index (χ4n) is 1.63. The van der Waals surface area contributed by atoms with E-state index >= 15 is 0 Å². The molecule has 112 valence electrons. The van der Waals surface area contributed by atoms with Gasteiger partial charge >= 0.3 is 11.9 Å². The average Bonchev–Trinajstić information content (AvgIpc) is 2.32. The summed E-state index contributed by atoms with van der Waals surface area (Å²) in [6.45, 7) is -0.123. The van der Waals surface area contributed by atoms with Gasteiger partial charge in [-0.3, -0.25) is 0 Å². The highest BCUT2D eigenvalue weighted by Gasteiger charge is 2.42. The summed E-state index contributed by atoms with van der Waals surface area (Å²) in [4.78, 5) is 25.7. The minimum atomic E-state index is -1.58. The van der Waals surface area contributed by atoms with Gasteiger partial charge in [0.1, 0.15) is 5.60 Å². The zero-order valence-electron chi connectivity index (χ0n) is 10.6. The quantitative estimate of drug-likeness (QED) is 0.150.